The molecule has 1 heterocycles. The van der Waals surface area contributed by atoms with E-state index in [1.807, 2.05) is 25.7 Å². The highest BCUT2D eigenvalue weighted by Crippen LogP contribution is 2.33. The molecule has 0 saturated carbocycles. The lowest BCUT2D eigenvalue weighted by Gasteiger charge is -2.34. The third-order valence-electron chi connectivity index (χ3n) is 2.12. The standard InChI is InChI=1S/C11H15ClN2O2S/c1-5-6-14(11(2,3)4)10-13-8(12)7(17-10)9(15)16/h5H,1,6H2,2-4H3,(H,15,16). The number of halogens is 1. The van der Waals surface area contributed by atoms with Crippen LogP contribution in [-0.2, 0) is 0 Å². The Morgan fingerprint density at radius 1 is 1.65 bits per heavy atom. The summed E-state index contributed by atoms with van der Waals surface area (Å²) in [5, 5.41) is 9.58. The Hall–Kier alpha value is -1.07. The minimum Gasteiger partial charge on any atom is -0.477 e. The Morgan fingerprint density at radius 3 is 2.59 bits per heavy atom. The van der Waals surface area contributed by atoms with Gasteiger partial charge in [-0.05, 0) is 20.8 Å². The molecule has 0 saturated heterocycles. The van der Waals surface area contributed by atoms with E-state index in [1.54, 1.807) is 6.08 Å². The lowest BCUT2D eigenvalue weighted by atomic mass is 10.1. The normalized spacial score (nSPS) is 11.3. The van der Waals surface area contributed by atoms with Crippen LogP contribution in [0.1, 0.15) is 30.4 Å². The van der Waals surface area contributed by atoms with Crippen molar-refractivity contribution < 1.29 is 9.90 Å². The summed E-state index contributed by atoms with van der Waals surface area (Å²) < 4.78 is 0. The zero-order valence-corrected chi connectivity index (χ0v) is 11.6. The second-order valence-corrected chi connectivity index (χ2v) is 5.83. The Labute approximate surface area is 110 Å². The molecule has 0 amide bonds. The van der Waals surface area contributed by atoms with Crippen LogP contribution in [-0.4, -0.2) is 28.1 Å². The maximum absolute atomic E-state index is 10.9. The molecule has 1 N–H and O–H groups in total. The van der Waals surface area contributed by atoms with Gasteiger partial charge in [0.15, 0.2) is 15.2 Å². The van der Waals surface area contributed by atoms with Crippen molar-refractivity contribution in [3.05, 3.63) is 22.7 Å². The Morgan fingerprint density at radius 2 is 2.24 bits per heavy atom. The summed E-state index contributed by atoms with van der Waals surface area (Å²) in [6, 6.07) is 0. The summed E-state index contributed by atoms with van der Waals surface area (Å²) in [7, 11) is 0. The average molecular weight is 275 g/mol. The van der Waals surface area contributed by atoms with E-state index < -0.39 is 5.97 Å². The van der Waals surface area contributed by atoms with Gasteiger partial charge in [0.2, 0.25) is 0 Å². The van der Waals surface area contributed by atoms with E-state index in [9.17, 15) is 4.79 Å². The fourth-order valence-corrected chi connectivity index (χ4v) is 2.63. The van der Waals surface area contributed by atoms with Gasteiger partial charge < -0.3 is 10.0 Å². The number of hydrogen-bond donors (Lipinski definition) is 1. The third-order valence-corrected chi connectivity index (χ3v) is 3.57. The highest BCUT2D eigenvalue weighted by molar-refractivity contribution is 7.18. The number of aromatic carboxylic acids is 1. The number of carboxylic acid groups (broad SMARTS) is 1. The van der Waals surface area contributed by atoms with Gasteiger partial charge in [-0.3, -0.25) is 0 Å². The topological polar surface area (TPSA) is 53.4 Å². The van der Waals surface area contributed by atoms with Crippen molar-refractivity contribution in [3.8, 4) is 0 Å². The monoisotopic (exact) mass is 274 g/mol. The number of hydrogen-bond acceptors (Lipinski definition) is 4. The molecular weight excluding hydrogens is 260 g/mol. The smallest absolute Gasteiger partial charge is 0.349 e. The molecular formula is C11H15ClN2O2S. The minimum absolute atomic E-state index is 0.0378. The van der Waals surface area contributed by atoms with Gasteiger partial charge in [0, 0.05) is 12.1 Å². The first kappa shape index (κ1) is 14.0. The maximum atomic E-state index is 10.9. The second kappa shape index (κ2) is 5.06. The van der Waals surface area contributed by atoms with Gasteiger partial charge in [-0.2, -0.15) is 0 Å². The lowest BCUT2D eigenvalue weighted by molar-refractivity contribution is 0.0702. The first-order valence-corrected chi connectivity index (χ1v) is 6.25. The van der Waals surface area contributed by atoms with Crippen molar-refractivity contribution in [1.82, 2.24) is 4.98 Å². The van der Waals surface area contributed by atoms with E-state index >= 15 is 0 Å². The predicted octanol–water partition coefficient (Wildman–Crippen LogP) is 3.29. The Kier molecular flexibility index (Phi) is 4.16. The largest absolute Gasteiger partial charge is 0.477 e. The summed E-state index contributed by atoms with van der Waals surface area (Å²) in [5.74, 6) is -1.05. The van der Waals surface area contributed by atoms with Crippen molar-refractivity contribution in [1.29, 1.82) is 0 Å². The molecule has 1 rings (SSSR count). The first-order valence-electron chi connectivity index (χ1n) is 5.05. The summed E-state index contributed by atoms with van der Waals surface area (Å²) in [4.78, 5) is 17.0. The summed E-state index contributed by atoms with van der Waals surface area (Å²) >= 11 is 6.88. The van der Waals surface area contributed by atoms with Gasteiger partial charge in [0.05, 0.1) is 0 Å². The predicted molar refractivity (Wildman–Crippen MR) is 71.4 cm³/mol. The summed E-state index contributed by atoms with van der Waals surface area (Å²) in [6.07, 6.45) is 1.75. The number of carbonyl (C=O) groups is 1. The molecule has 6 heteroatoms. The van der Waals surface area contributed by atoms with Gasteiger partial charge in [-0.15, -0.1) is 6.58 Å². The molecule has 0 atom stereocenters. The van der Waals surface area contributed by atoms with Crippen LogP contribution in [0.3, 0.4) is 0 Å². The van der Waals surface area contributed by atoms with Crippen molar-refractivity contribution in [2.45, 2.75) is 26.3 Å². The molecule has 0 unspecified atom stereocenters. The van der Waals surface area contributed by atoms with Gasteiger partial charge in [0.1, 0.15) is 0 Å². The molecule has 0 aromatic carbocycles. The number of carboxylic acids is 1. The zero-order chi connectivity index (χ0) is 13.2. The molecule has 0 aliphatic rings. The molecule has 0 aliphatic heterocycles. The Bertz CT molecular complexity index is 437. The van der Waals surface area contributed by atoms with Crippen LogP contribution in [0.5, 0.6) is 0 Å². The van der Waals surface area contributed by atoms with E-state index in [2.05, 4.69) is 11.6 Å². The van der Waals surface area contributed by atoms with Gasteiger partial charge in [0.25, 0.3) is 0 Å². The first-order chi connectivity index (χ1) is 7.77. The molecule has 0 spiro atoms. The minimum atomic E-state index is -1.05. The average Bonchev–Trinajstić information content (AvgIpc) is 2.54. The number of anilines is 1. The quantitative estimate of drug-likeness (QED) is 0.856. The molecule has 0 aliphatic carbocycles. The number of thiazole rings is 1. The van der Waals surface area contributed by atoms with E-state index in [1.165, 1.54) is 0 Å². The molecule has 0 radical (unpaired) electrons. The highest BCUT2D eigenvalue weighted by atomic mass is 35.5. The molecule has 1 aromatic heterocycles. The van der Waals surface area contributed by atoms with Gasteiger partial charge in [-0.25, -0.2) is 9.78 Å². The zero-order valence-electron chi connectivity index (χ0n) is 10.0. The van der Waals surface area contributed by atoms with Crippen molar-refractivity contribution in [2.75, 3.05) is 11.4 Å². The van der Waals surface area contributed by atoms with Crippen LogP contribution in [0.25, 0.3) is 0 Å². The number of rotatable bonds is 4. The van der Waals surface area contributed by atoms with E-state index in [0.29, 0.717) is 11.7 Å². The van der Waals surface area contributed by atoms with Crippen LogP contribution in [0.4, 0.5) is 5.13 Å². The van der Waals surface area contributed by atoms with Crippen molar-refractivity contribution in [3.63, 3.8) is 0 Å². The highest BCUT2D eigenvalue weighted by Gasteiger charge is 2.26. The van der Waals surface area contributed by atoms with Gasteiger partial charge in [-0.1, -0.05) is 29.0 Å². The fraction of sp³-hybridized carbons (Fsp3) is 0.455. The second-order valence-electron chi connectivity index (χ2n) is 4.49. The van der Waals surface area contributed by atoms with Crippen LogP contribution in [0, 0.1) is 0 Å². The van der Waals surface area contributed by atoms with Crippen LogP contribution >= 0.6 is 22.9 Å². The van der Waals surface area contributed by atoms with Crippen LogP contribution in [0.2, 0.25) is 5.15 Å². The lowest BCUT2D eigenvalue weighted by Crippen LogP contribution is -2.41. The number of nitrogens with zero attached hydrogens (tertiary/aromatic N) is 2. The van der Waals surface area contributed by atoms with E-state index in [4.69, 9.17) is 16.7 Å². The maximum Gasteiger partial charge on any atom is 0.349 e. The molecule has 0 fully saturated rings. The summed E-state index contributed by atoms with van der Waals surface area (Å²) in [6.45, 7) is 10.3. The molecule has 94 valence electrons. The van der Waals surface area contributed by atoms with Crippen LogP contribution < -0.4 is 4.90 Å². The number of aromatic nitrogens is 1. The van der Waals surface area contributed by atoms with Crippen molar-refractivity contribution in [2.24, 2.45) is 0 Å². The van der Waals surface area contributed by atoms with Gasteiger partial charge >= 0.3 is 5.97 Å². The molecule has 17 heavy (non-hydrogen) atoms. The molecule has 0 bridgehead atoms. The van der Waals surface area contributed by atoms with Crippen LogP contribution in [0.15, 0.2) is 12.7 Å². The third kappa shape index (κ3) is 3.20. The SMILES string of the molecule is C=CCN(c1nc(Cl)c(C(=O)O)s1)C(C)(C)C. The van der Waals surface area contributed by atoms with E-state index in [0.717, 1.165) is 11.3 Å². The van der Waals surface area contributed by atoms with Crippen molar-refractivity contribution >= 4 is 34.0 Å². The van der Waals surface area contributed by atoms with E-state index in [-0.39, 0.29) is 15.6 Å². The summed E-state index contributed by atoms with van der Waals surface area (Å²) in [5.41, 5.74) is -0.175. The molecule has 1 aromatic rings. The fourth-order valence-electron chi connectivity index (χ4n) is 1.31. The molecule has 4 nitrogen and oxygen atoms in total. The Balaban J connectivity index is 3.16.